The van der Waals surface area contributed by atoms with Crippen LogP contribution in [-0.2, 0) is 9.47 Å². The van der Waals surface area contributed by atoms with E-state index in [-0.39, 0.29) is 0 Å². The van der Waals surface area contributed by atoms with Crippen LogP contribution in [0.15, 0.2) is 12.3 Å². The van der Waals surface area contributed by atoms with Crippen LogP contribution in [-0.4, -0.2) is 68.4 Å². The minimum absolute atomic E-state index is 0.332. The molecule has 0 radical (unpaired) electrons. The molecular weight excluding hydrogens is 342 g/mol. The molecule has 0 amide bonds. The lowest BCUT2D eigenvalue weighted by Gasteiger charge is -2.37. The molecule has 2 fully saturated rings. The van der Waals surface area contributed by atoms with E-state index in [9.17, 15) is 4.79 Å². The van der Waals surface area contributed by atoms with E-state index in [1.165, 1.54) is 6.42 Å². The fourth-order valence-electron chi connectivity index (χ4n) is 3.54. The molecule has 1 aromatic heterocycles. The van der Waals surface area contributed by atoms with Crippen molar-refractivity contribution in [3.63, 3.8) is 0 Å². The highest BCUT2D eigenvalue weighted by atomic mass is 35.5. The second kappa shape index (κ2) is 8.83. The van der Waals surface area contributed by atoms with E-state index >= 15 is 0 Å². The molecule has 0 saturated carbocycles. The standard InChI is InChI=1S/C18H26ClN3O3/c1-2-25-18(23)15-10-17(20-11-16(15)19)22-5-3-4-14(13-22)12-21-6-8-24-9-7-21/h10-11,14H,2-9,12-13H2,1H3/t14-/m1/s1. The first-order valence-corrected chi connectivity index (χ1v) is 9.43. The summed E-state index contributed by atoms with van der Waals surface area (Å²) in [5.74, 6) is 1.02. The fourth-order valence-corrected chi connectivity index (χ4v) is 3.72. The Kier molecular flexibility index (Phi) is 6.51. The van der Waals surface area contributed by atoms with Gasteiger partial charge in [-0.1, -0.05) is 11.6 Å². The van der Waals surface area contributed by atoms with Gasteiger partial charge in [-0.05, 0) is 31.7 Å². The van der Waals surface area contributed by atoms with Gasteiger partial charge in [0.25, 0.3) is 0 Å². The SMILES string of the molecule is CCOC(=O)c1cc(N2CCC[C@H](CN3CCOCC3)C2)ncc1Cl. The number of nitrogens with zero attached hydrogens (tertiary/aromatic N) is 3. The molecule has 138 valence electrons. The summed E-state index contributed by atoms with van der Waals surface area (Å²) in [6, 6.07) is 1.76. The summed E-state index contributed by atoms with van der Waals surface area (Å²) in [4.78, 5) is 21.2. The number of hydrogen-bond acceptors (Lipinski definition) is 6. The van der Waals surface area contributed by atoms with Crippen molar-refractivity contribution in [2.75, 3.05) is 57.4 Å². The second-order valence-corrected chi connectivity index (χ2v) is 7.02. The predicted octanol–water partition coefficient (Wildman–Crippen LogP) is 2.46. The first kappa shape index (κ1) is 18.4. The van der Waals surface area contributed by atoms with Crippen LogP contribution in [0.3, 0.4) is 0 Å². The molecule has 2 saturated heterocycles. The van der Waals surface area contributed by atoms with Gasteiger partial charge in [0.05, 0.1) is 30.4 Å². The lowest BCUT2D eigenvalue weighted by Crippen LogP contribution is -2.44. The van der Waals surface area contributed by atoms with Crippen molar-refractivity contribution in [2.45, 2.75) is 19.8 Å². The third-order valence-electron chi connectivity index (χ3n) is 4.80. The molecule has 1 aromatic rings. The second-order valence-electron chi connectivity index (χ2n) is 6.61. The lowest BCUT2D eigenvalue weighted by atomic mass is 9.97. The monoisotopic (exact) mass is 367 g/mol. The lowest BCUT2D eigenvalue weighted by molar-refractivity contribution is 0.0296. The van der Waals surface area contributed by atoms with E-state index < -0.39 is 5.97 Å². The average molecular weight is 368 g/mol. The summed E-state index contributed by atoms with van der Waals surface area (Å²) in [6.45, 7) is 8.82. The minimum atomic E-state index is -0.391. The maximum absolute atomic E-state index is 12.1. The number of halogens is 1. The van der Waals surface area contributed by atoms with Gasteiger partial charge >= 0.3 is 5.97 Å². The molecular formula is C18H26ClN3O3. The van der Waals surface area contributed by atoms with E-state index in [2.05, 4.69) is 14.8 Å². The summed E-state index contributed by atoms with van der Waals surface area (Å²) >= 11 is 6.12. The maximum Gasteiger partial charge on any atom is 0.339 e. The quantitative estimate of drug-likeness (QED) is 0.745. The van der Waals surface area contributed by atoms with E-state index in [4.69, 9.17) is 21.1 Å². The Bertz CT molecular complexity index is 593. The van der Waals surface area contributed by atoms with Gasteiger partial charge in [-0.15, -0.1) is 0 Å². The van der Waals surface area contributed by atoms with Crippen LogP contribution in [0.4, 0.5) is 5.82 Å². The van der Waals surface area contributed by atoms with E-state index in [1.54, 1.807) is 19.2 Å². The summed E-state index contributed by atoms with van der Waals surface area (Å²) < 4.78 is 10.5. The van der Waals surface area contributed by atoms with Crippen molar-refractivity contribution < 1.29 is 14.3 Å². The molecule has 0 aromatic carbocycles. The number of pyridine rings is 1. The molecule has 6 nitrogen and oxygen atoms in total. The summed E-state index contributed by atoms with van der Waals surface area (Å²) in [5, 5.41) is 0.337. The Morgan fingerprint density at radius 3 is 2.96 bits per heavy atom. The molecule has 0 unspecified atom stereocenters. The van der Waals surface area contributed by atoms with Gasteiger partial charge < -0.3 is 14.4 Å². The molecule has 0 N–H and O–H groups in total. The number of carbonyl (C=O) groups is 1. The van der Waals surface area contributed by atoms with Gasteiger partial charge in [-0.2, -0.15) is 0 Å². The third kappa shape index (κ3) is 4.84. The first-order chi connectivity index (χ1) is 12.2. The number of piperidine rings is 1. The molecule has 2 aliphatic rings. The van der Waals surface area contributed by atoms with E-state index in [0.29, 0.717) is 23.1 Å². The molecule has 3 rings (SSSR count). The number of carbonyl (C=O) groups excluding carboxylic acids is 1. The molecule has 7 heteroatoms. The molecule has 0 spiro atoms. The van der Waals surface area contributed by atoms with E-state index in [1.807, 2.05) is 0 Å². The Hall–Kier alpha value is -1.37. The topological polar surface area (TPSA) is 54.9 Å². The number of rotatable bonds is 5. The number of aromatic nitrogens is 1. The number of morpholine rings is 1. The van der Waals surface area contributed by atoms with Gasteiger partial charge in [0.2, 0.25) is 0 Å². The van der Waals surface area contributed by atoms with Crippen molar-refractivity contribution in [3.8, 4) is 0 Å². The smallest absolute Gasteiger partial charge is 0.339 e. The highest BCUT2D eigenvalue weighted by Gasteiger charge is 2.25. The summed E-state index contributed by atoms with van der Waals surface area (Å²) in [7, 11) is 0. The summed E-state index contributed by atoms with van der Waals surface area (Å²) in [5.41, 5.74) is 0.392. The minimum Gasteiger partial charge on any atom is -0.462 e. The van der Waals surface area contributed by atoms with Gasteiger partial charge in [0.15, 0.2) is 0 Å². The Labute approximate surface area is 154 Å². The third-order valence-corrected chi connectivity index (χ3v) is 5.10. The first-order valence-electron chi connectivity index (χ1n) is 9.05. The Morgan fingerprint density at radius 2 is 2.20 bits per heavy atom. The van der Waals surface area contributed by atoms with Gasteiger partial charge in [-0.3, -0.25) is 4.90 Å². The van der Waals surface area contributed by atoms with Crippen LogP contribution in [0.5, 0.6) is 0 Å². The number of anilines is 1. The van der Waals surface area contributed by atoms with Gasteiger partial charge in [-0.25, -0.2) is 9.78 Å². The van der Waals surface area contributed by atoms with Crippen molar-refractivity contribution >= 4 is 23.4 Å². The molecule has 0 bridgehead atoms. The van der Waals surface area contributed by atoms with Crippen LogP contribution >= 0.6 is 11.6 Å². The number of esters is 1. The zero-order valence-corrected chi connectivity index (χ0v) is 15.5. The highest BCUT2D eigenvalue weighted by Crippen LogP contribution is 2.26. The highest BCUT2D eigenvalue weighted by molar-refractivity contribution is 6.33. The zero-order valence-electron chi connectivity index (χ0n) is 14.7. The molecule has 3 heterocycles. The van der Waals surface area contributed by atoms with Crippen LogP contribution in [0.2, 0.25) is 5.02 Å². The number of ether oxygens (including phenoxy) is 2. The van der Waals surface area contributed by atoms with Gasteiger partial charge in [0.1, 0.15) is 5.82 Å². The largest absolute Gasteiger partial charge is 0.462 e. The zero-order chi connectivity index (χ0) is 17.6. The average Bonchev–Trinajstić information content (AvgIpc) is 2.63. The molecule has 0 aliphatic carbocycles. The van der Waals surface area contributed by atoms with Gasteiger partial charge in [0, 0.05) is 38.9 Å². The van der Waals surface area contributed by atoms with Crippen molar-refractivity contribution in [1.82, 2.24) is 9.88 Å². The van der Waals surface area contributed by atoms with Crippen LogP contribution in [0, 0.1) is 5.92 Å². The Balaban J connectivity index is 1.66. The Morgan fingerprint density at radius 1 is 1.40 bits per heavy atom. The predicted molar refractivity (Wildman–Crippen MR) is 97.4 cm³/mol. The van der Waals surface area contributed by atoms with Crippen molar-refractivity contribution in [2.24, 2.45) is 5.92 Å². The molecule has 2 aliphatic heterocycles. The van der Waals surface area contributed by atoms with Crippen LogP contribution in [0.1, 0.15) is 30.1 Å². The normalized spacial score (nSPS) is 22.0. The van der Waals surface area contributed by atoms with Crippen molar-refractivity contribution in [1.29, 1.82) is 0 Å². The van der Waals surface area contributed by atoms with Crippen LogP contribution < -0.4 is 4.90 Å². The van der Waals surface area contributed by atoms with E-state index in [0.717, 1.165) is 58.2 Å². The van der Waals surface area contributed by atoms with Crippen LogP contribution in [0.25, 0.3) is 0 Å². The molecule has 1 atom stereocenters. The number of hydrogen-bond donors (Lipinski definition) is 0. The summed E-state index contributed by atoms with van der Waals surface area (Å²) in [6.07, 6.45) is 3.91. The molecule has 25 heavy (non-hydrogen) atoms. The maximum atomic E-state index is 12.1. The van der Waals surface area contributed by atoms with Crippen molar-refractivity contribution in [3.05, 3.63) is 22.8 Å². The fraction of sp³-hybridized carbons (Fsp3) is 0.667.